The zero-order chi connectivity index (χ0) is 19.4. The van der Waals surface area contributed by atoms with Crippen LogP contribution in [0.3, 0.4) is 0 Å². The molecule has 1 saturated heterocycles. The number of hydrogen-bond donors (Lipinski definition) is 1. The number of anilines is 1. The van der Waals surface area contributed by atoms with Crippen LogP contribution in [0, 0.1) is 0 Å². The normalized spacial score (nSPS) is 17.2. The highest BCUT2D eigenvalue weighted by molar-refractivity contribution is 7.92. The van der Waals surface area contributed by atoms with Gasteiger partial charge in [-0.25, -0.2) is 8.42 Å². The molecule has 1 N–H and O–H groups in total. The van der Waals surface area contributed by atoms with Crippen LogP contribution < -0.4 is 14.4 Å². The number of carbonyl (C=O) groups is 1. The Morgan fingerprint density at radius 2 is 1.74 bits per heavy atom. The Bertz CT molecular complexity index is 893. The average molecular weight is 388 g/mol. The maximum absolute atomic E-state index is 12.5. The fourth-order valence-electron chi connectivity index (χ4n) is 3.11. The van der Waals surface area contributed by atoms with Crippen molar-refractivity contribution >= 4 is 21.6 Å². The van der Waals surface area contributed by atoms with Crippen molar-refractivity contribution in [1.29, 1.82) is 0 Å². The molecule has 0 aromatic heterocycles. The molecule has 1 heterocycles. The van der Waals surface area contributed by atoms with Gasteiger partial charge in [0.2, 0.25) is 10.0 Å². The Kier molecular flexibility index (Phi) is 5.70. The first-order valence-electron chi connectivity index (χ1n) is 8.96. The minimum atomic E-state index is -3.25. The summed E-state index contributed by atoms with van der Waals surface area (Å²) in [7, 11) is -1.64. The van der Waals surface area contributed by atoms with E-state index in [0.29, 0.717) is 24.2 Å². The Labute approximate surface area is 160 Å². The summed E-state index contributed by atoms with van der Waals surface area (Å²) in [5.41, 5.74) is 2.07. The first-order valence-corrected chi connectivity index (χ1v) is 10.6. The first kappa shape index (κ1) is 19.2. The van der Waals surface area contributed by atoms with Crippen molar-refractivity contribution in [1.82, 2.24) is 5.32 Å². The van der Waals surface area contributed by atoms with Crippen LogP contribution in [0.15, 0.2) is 48.5 Å². The number of ether oxygens (including phenoxy) is 1. The second-order valence-electron chi connectivity index (χ2n) is 6.61. The van der Waals surface area contributed by atoms with Gasteiger partial charge in [0.15, 0.2) is 0 Å². The van der Waals surface area contributed by atoms with E-state index < -0.39 is 10.0 Å². The lowest BCUT2D eigenvalue weighted by atomic mass is 10.1. The molecule has 7 heteroatoms. The molecule has 27 heavy (non-hydrogen) atoms. The topological polar surface area (TPSA) is 75.7 Å². The van der Waals surface area contributed by atoms with Gasteiger partial charge in [-0.1, -0.05) is 12.1 Å². The van der Waals surface area contributed by atoms with E-state index in [9.17, 15) is 13.2 Å². The van der Waals surface area contributed by atoms with Gasteiger partial charge < -0.3 is 10.1 Å². The predicted octanol–water partition coefficient (Wildman–Crippen LogP) is 3.12. The zero-order valence-corrected chi connectivity index (χ0v) is 16.3. The lowest BCUT2D eigenvalue weighted by molar-refractivity contribution is 0.0940. The third-order valence-electron chi connectivity index (χ3n) is 4.73. The Hall–Kier alpha value is -2.54. The van der Waals surface area contributed by atoms with E-state index in [1.54, 1.807) is 31.4 Å². The van der Waals surface area contributed by atoms with E-state index in [2.05, 4.69) is 5.32 Å². The number of methoxy groups -OCH3 is 1. The van der Waals surface area contributed by atoms with Crippen molar-refractivity contribution in [3.8, 4) is 5.75 Å². The van der Waals surface area contributed by atoms with Crippen molar-refractivity contribution in [3.05, 3.63) is 59.7 Å². The number of amides is 1. The van der Waals surface area contributed by atoms with Crippen LogP contribution in [0.5, 0.6) is 5.75 Å². The molecular formula is C20H24N2O4S. The van der Waals surface area contributed by atoms with E-state index in [-0.39, 0.29) is 17.7 Å². The van der Waals surface area contributed by atoms with Gasteiger partial charge in [-0.05, 0) is 61.7 Å². The molecule has 3 rings (SSSR count). The van der Waals surface area contributed by atoms with Gasteiger partial charge in [-0.15, -0.1) is 0 Å². The standard InChI is InChI=1S/C20H24N2O4S/c1-15(16-7-11-19(26-2)12-8-16)21-20(23)17-5-9-18(10-6-17)22-13-3-4-14-27(22,24)25/h5-12,15H,3-4,13-14H2,1-2H3,(H,21,23). The predicted molar refractivity (Wildman–Crippen MR) is 106 cm³/mol. The zero-order valence-electron chi connectivity index (χ0n) is 15.5. The van der Waals surface area contributed by atoms with Crippen molar-refractivity contribution < 1.29 is 17.9 Å². The van der Waals surface area contributed by atoms with E-state index in [1.807, 2.05) is 31.2 Å². The molecule has 0 radical (unpaired) electrons. The van der Waals surface area contributed by atoms with Crippen molar-refractivity contribution in [2.75, 3.05) is 23.7 Å². The third kappa shape index (κ3) is 4.42. The number of hydrogen-bond acceptors (Lipinski definition) is 4. The number of nitrogens with one attached hydrogen (secondary N) is 1. The van der Waals surface area contributed by atoms with Gasteiger partial charge in [0.1, 0.15) is 5.75 Å². The third-order valence-corrected chi connectivity index (χ3v) is 6.60. The minimum absolute atomic E-state index is 0.162. The van der Waals surface area contributed by atoms with Gasteiger partial charge in [0, 0.05) is 12.1 Å². The summed E-state index contributed by atoms with van der Waals surface area (Å²) in [4.78, 5) is 12.5. The second-order valence-corrected chi connectivity index (χ2v) is 8.62. The Morgan fingerprint density at radius 1 is 1.07 bits per heavy atom. The van der Waals surface area contributed by atoms with Gasteiger partial charge >= 0.3 is 0 Å². The second kappa shape index (κ2) is 8.00. The van der Waals surface area contributed by atoms with Crippen LogP contribution in [0.2, 0.25) is 0 Å². The monoisotopic (exact) mass is 388 g/mol. The molecule has 0 bridgehead atoms. The minimum Gasteiger partial charge on any atom is -0.497 e. The van der Waals surface area contributed by atoms with Gasteiger partial charge in [-0.2, -0.15) is 0 Å². The molecule has 6 nitrogen and oxygen atoms in total. The average Bonchev–Trinajstić information content (AvgIpc) is 2.68. The first-order chi connectivity index (χ1) is 12.9. The van der Waals surface area contributed by atoms with Gasteiger partial charge in [0.05, 0.1) is 24.6 Å². The summed E-state index contributed by atoms with van der Waals surface area (Å²) in [6.45, 7) is 2.40. The van der Waals surface area contributed by atoms with Crippen molar-refractivity contribution in [2.45, 2.75) is 25.8 Å². The van der Waals surface area contributed by atoms with Crippen LogP contribution in [0.25, 0.3) is 0 Å². The molecule has 1 aliphatic rings. The van der Waals surface area contributed by atoms with Crippen LogP contribution in [0.1, 0.15) is 41.7 Å². The molecule has 1 unspecified atom stereocenters. The smallest absolute Gasteiger partial charge is 0.251 e. The summed E-state index contributed by atoms with van der Waals surface area (Å²) >= 11 is 0. The Morgan fingerprint density at radius 3 is 2.33 bits per heavy atom. The number of rotatable bonds is 5. The molecule has 1 amide bonds. The van der Waals surface area contributed by atoms with E-state index in [4.69, 9.17) is 4.74 Å². The molecule has 0 saturated carbocycles. The van der Waals surface area contributed by atoms with Crippen LogP contribution >= 0.6 is 0 Å². The lowest BCUT2D eigenvalue weighted by Crippen LogP contribution is -2.37. The number of carbonyl (C=O) groups excluding carboxylic acids is 1. The fraction of sp³-hybridized carbons (Fsp3) is 0.350. The summed E-state index contributed by atoms with van der Waals surface area (Å²) in [6.07, 6.45) is 1.55. The summed E-state index contributed by atoms with van der Waals surface area (Å²) in [5.74, 6) is 0.737. The lowest BCUT2D eigenvalue weighted by Gasteiger charge is -2.28. The Balaban J connectivity index is 1.68. The van der Waals surface area contributed by atoms with E-state index >= 15 is 0 Å². The highest BCUT2D eigenvalue weighted by atomic mass is 32.2. The molecule has 144 valence electrons. The molecular weight excluding hydrogens is 364 g/mol. The summed E-state index contributed by atoms with van der Waals surface area (Å²) in [5, 5.41) is 2.95. The molecule has 0 spiro atoms. The molecule has 2 aromatic rings. The number of nitrogens with zero attached hydrogens (tertiary/aromatic N) is 1. The quantitative estimate of drug-likeness (QED) is 0.854. The molecule has 1 atom stereocenters. The number of benzene rings is 2. The van der Waals surface area contributed by atoms with Crippen LogP contribution in [0.4, 0.5) is 5.69 Å². The maximum atomic E-state index is 12.5. The summed E-state index contributed by atoms with van der Waals surface area (Å²) < 4.78 is 30.9. The van der Waals surface area contributed by atoms with E-state index in [0.717, 1.165) is 17.7 Å². The number of sulfonamides is 1. The van der Waals surface area contributed by atoms with Crippen molar-refractivity contribution in [2.24, 2.45) is 0 Å². The largest absolute Gasteiger partial charge is 0.497 e. The highest BCUT2D eigenvalue weighted by Crippen LogP contribution is 2.24. The van der Waals surface area contributed by atoms with Gasteiger partial charge in [0.25, 0.3) is 5.91 Å². The van der Waals surface area contributed by atoms with Gasteiger partial charge in [-0.3, -0.25) is 9.10 Å². The SMILES string of the molecule is COc1ccc(C(C)NC(=O)c2ccc(N3CCCCS3(=O)=O)cc2)cc1. The van der Waals surface area contributed by atoms with Crippen LogP contribution in [-0.4, -0.2) is 33.7 Å². The molecule has 2 aromatic carbocycles. The van der Waals surface area contributed by atoms with Crippen LogP contribution in [-0.2, 0) is 10.0 Å². The molecule has 1 fully saturated rings. The summed E-state index contributed by atoms with van der Waals surface area (Å²) in [6, 6.07) is 14.1. The molecule has 1 aliphatic heterocycles. The maximum Gasteiger partial charge on any atom is 0.251 e. The van der Waals surface area contributed by atoms with E-state index in [1.165, 1.54) is 4.31 Å². The highest BCUT2D eigenvalue weighted by Gasteiger charge is 2.26. The van der Waals surface area contributed by atoms with Crippen molar-refractivity contribution in [3.63, 3.8) is 0 Å². The fourth-order valence-corrected chi connectivity index (χ4v) is 4.75. The molecule has 0 aliphatic carbocycles.